The van der Waals surface area contributed by atoms with Gasteiger partial charge in [-0.2, -0.15) is 0 Å². The van der Waals surface area contributed by atoms with Crippen LogP contribution in [0.2, 0.25) is 0 Å². The topological polar surface area (TPSA) is 12.0 Å². The molecule has 2 aromatic rings. The smallest absolute Gasteiger partial charge is 0.126 e. The minimum Gasteiger partial charge on any atom is -0.310 e. The van der Waals surface area contributed by atoms with E-state index in [1.807, 2.05) is 32.0 Å². The summed E-state index contributed by atoms with van der Waals surface area (Å²) in [4.78, 5) is 0. The lowest BCUT2D eigenvalue weighted by Gasteiger charge is -2.20. The third kappa shape index (κ3) is 4.35. The predicted molar refractivity (Wildman–Crippen MR) is 85.4 cm³/mol. The Labute approximate surface area is 132 Å². The maximum absolute atomic E-state index is 13.3. The maximum Gasteiger partial charge on any atom is 0.126 e. The van der Waals surface area contributed by atoms with Gasteiger partial charge in [0.05, 0.1) is 0 Å². The van der Waals surface area contributed by atoms with Crippen molar-refractivity contribution in [3.63, 3.8) is 0 Å². The molecular formula is C17H18BrF2N. The maximum atomic E-state index is 13.3. The van der Waals surface area contributed by atoms with Crippen molar-refractivity contribution in [1.29, 1.82) is 0 Å². The van der Waals surface area contributed by atoms with Crippen LogP contribution < -0.4 is 5.32 Å². The molecule has 112 valence electrons. The lowest BCUT2D eigenvalue weighted by atomic mass is 9.98. The number of halogens is 3. The summed E-state index contributed by atoms with van der Waals surface area (Å²) in [6, 6.07) is 9.80. The molecule has 0 aliphatic rings. The van der Waals surface area contributed by atoms with Gasteiger partial charge in [-0.3, -0.25) is 0 Å². The van der Waals surface area contributed by atoms with Crippen molar-refractivity contribution in [1.82, 2.24) is 5.32 Å². The first-order chi connectivity index (χ1) is 9.99. The Balaban J connectivity index is 2.30. The highest BCUT2D eigenvalue weighted by Crippen LogP contribution is 2.27. The average Bonchev–Trinajstić information content (AvgIpc) is 2.37. The molecule has 0 heterocycles. The van der Waals surface area contributed by atoms with Gasteiger partial charge in [-0.1, -0.05) is 35.0 Å². The van der Waals surface area contributed by atoms with Gasteiger partial charge in [0.2, 0.25) is 0 Å². The van der Waals surface area contributed by atoms with E-state index in [2.05, 4.69) is 21.2 Å². The van der Waals surface area contributed by atoms with Crippen molar-refractivity contribution in [2.24, 2.45) is 0 Å². The molecule has 0 aliphatic heterocycles. The van der Waals surface area contributed by atoms with E-state index in [9.17, 15) is 8.78 Å². The molecule has 0 bridgehead atoms. The number of likely N-dealkylation sites (N-methyl/N-ethyl adjacent to an activating group) is 1. The molecule has 2 aromatic carbocycles. The summed E-state index contributed by atoms with van der Waals surface area (Å²) in [7, 11) is 0. The third-order valence-corrected chi connectivity index (χ3v) is 4.03. The van der Waals surface area contributed by atoms with E-state index in [1.165, 1.54) is 12.1 Å². The molecule has 0 spiro atoms. The van der Waals surface area contributed by atoms with E-state index in [-0.39, 0.29) is 6.04 Å². The number of hydrogen-bond acceptors (Lipinski definition) is 1. The summed E-state index contributed by atoms with van der Waals surface area (Å²) in [5, 5.41) is 3.37. The first-order valence-corrected chi connectivity index (χ1v) is 7.73. The second-order valence-corrected chi connectivity index (χ2v) is 5.97. The lowest BCUT2D eigenvalue weighted by molar-refractivity contribution is 0.537. The largest absolute Gasteiger partial charge is 0.310 e. The molecule has 2 rings (SSSR count). The van der Waals surface area contributed by atoms with E-state index < -0.39 is 11.6 Å². The van der Waals surface area contributed by atoms with Crippen LogP contribution in [0.4, 0.5) is 8.78 Å². The van der Waals surface area contributed by atoms with Crippen molar-refractivity contribution in [3.05, 3.63) is 69.2 Å². The fourth-order valence-corrected chi connectivity index (χ4v) is 3.19. The van der Waals surface area contributed by atoms with Gasteiger partial charge in [0, 0.05) is 16.6 Å². The van der Waals surface area contributed by atoms with E-state index in [4.69, 9.17) is 0 Å². The summed E-state index contributed by atoms with van der Waals surface area (Å²) in [6.45, 7) is 4.82. The van der Waals surface area contributed by atoms with Crippen molar-refractivity contribution >= 4 is 15.9 Å². The van der Waals surface area contributed by atoms with Crippen LogP contribution in [0, 0.1) is 18.6 Å². The Morgan fingerprint density at radius 3 is 2.33 bits per heavy atom. The van der Waals surface area contributed by atoms with Crippen molar-refractivity contribution in [2.45, 2.75) is 26.3 Å². The molecule has 0 aromatic heterocycles. The zero-order chi connectivity index (χ0) is 15.4. The molecule has 4 heteroatoms. The van der Waals surface area contributed by atoms with Crippen LogP contribution in [0.3, 0.4) is 0 Å². The van der Waals surface area contributed by atoms with Crippen molar-refractivity contribution in [3.8, 4) is 0 Å². The summed E-state index contributed by atoms with van der Waals surface area (Å²) in [6.07, 6.45) is 0.532. The number of rotatable bonds is 5. The van der Waals surface area contributed by atoms with Gasteiger partial charge >= 0.3 is 0 Å². The summed E-state index contributed by atoms with van der Waals surface area (Å²) in [5.41, 5.74) is 2.90. The van der Waals surface area contributed by atoms with E-state index >= 15 is 0 Å². The zero-order valence-corrected chi connectivity index (χ0v) is 13.7. The second kappa shape index (κ2) is 7.14. The monoisotopic (exact) mass is 353 g/mol. The summed E-state index contributed by atoms with van der Waals surface area (Å²) in [5.74, 6) is -1.08. The Morgan fingerprint density at radius 2 is 1.76 bits per heavy atom. The lowest BCUT2D eigenvalue weighted by Crippen LogP contribution is -2.23. The van der Waals surface area contributed by atoms with Crippen LogP contribution in [-0.4, -0.2) is 6.54 Å². The quantitative estimate of drug-likeness (QED) is 0.803. The highest BCUT2D eigenvalue weighted by atomic mass is 79.9. The molecule has 0 saturated heterocycles. The average molecular weight is 354 g/mol. The SMILES string of the molecule is CCNC(Cc1cc(F)cc(F)c1)c1ccc(C)cc1Br. The number of nitrogens with one attached hydrogen (secondary N) is 1. The molecule has 1 unspecified atom stereocenters. The van der Waals surface area contributed by atoms with E-state index in [1.54, 1.807) is 0 Å². The molecule has 0 fully saturated rings. The molecule has 0 saturated carbocycles. The van der Waals surface area contributed by atoms with Crippen LogP contribution in [0.15, 0.2) is 40.9 Å². The number of benzene rings is 2. The fraction of sp³-hybridized carbons (Fsp3) is 0.294. The Bertz CT molecular complexity index is 608. The Hall–Kier alpha value is -1.26. The van der Waals surface area contributed by atoms with Crippen molar-refractivity contribution < 1.29 is 8.78 Å². The predicted octanol–water partition coefficient (Wildman–Crippen LogP) is 4.93. The Kier molecular flexibility index (Phi) is 5.48. The van der Waals surface area contributed by atoms with Crippen LogP contribution in [0.1, 0.15) is 29.7 Å². The van der Waals surface area contributed by atoms with Crippen LogP contribution in [0.25, 0.3) is 0 Å². The standard InChI is InChI=1S/C17H18BrF2N/c1-3-21-17(15-5-4-11(2)6-16(15)18)9-12-7-13(19)10-14(20)8-12/h4-8,10,17,21H,3,9H2,1-2H3. The minimum absolute atomic E-state index is 0.00572. The molecule has 1 atom stereocenters. The van der Waals surface area contributed by atoms with Gasteiger partial charge in [-0.25, -0.2) is 8.78 Å². The van der Waals surface area contributed by atoms with Gasteiger partial charge in [-0.05, 0) is 54.8 Å². The van der Waals surface area contributed by atoms with Gasteiger partial charge in [0.15, 0.2) is 0 Å². The zero-order valence-electron chi connectivity index (χ0n) is 12.1. The molecule has 1 N–H and O–H groups in total. The summed E-state index contributed by atoms with van der Waals surface area (Å²) < 4.78 is 27.7. The minimum atomic E-state index is -0.539. The molecule has 1 nitrogen and oxygen atoms in total. The van der Waals surface area contributed by atoms with Gasteiger partial charge < -0.3 is 5.32 Å². The van der Waals surface area contributed by atoms with Gasteiger partial charge in [0.25, 0.3) is 0 Å². The highest BCUT2D eigenvalue weighted by Gasteiger charge is 2.15. The Morgan fingerprint density at radius 1 is 1.10 bits per heavy atom. The van der Waals surface area contributed by atoms with E-state index in [0.717, 1.165) is 28.2 Å². The van der Waals surface area contributed by atoms with Gasteiger partial charge in [-0.15, -0.1) is 0 Å². The van der Waals surface area contributed by atoms with Crippen LogP contribution >= 0.6 is 15.9 Å². The van der Waals surface area contributed by atoms with E-state index in [0.29, 0.717) is 12.0 Å². The molecule has 0 aliphatic carbocycles. The normalized spacial score (nSPS) is 12.4. The van der Waals surface area contributed by atoms with Crippen molar-refractivity contribution in [2.75, 3.05) is 6.54 Å². The number of aryl methyl sites for hydroxylation is 1. The second-order valence-electron chi connectivity index (χ2n) is 5.12. The highest BCUT2D eigenvalue weighted by molar-refractivity contribution is 9.10. The van der Waals surface area contributed by atoms with Gasteiger partial charge in [0.1, 0.15) is 11.6 Å². The molecule has 0 radical (unpaired) electrons. The van der Waals surface area contributed by atoms with Crippen LogP contribution in [-0.2, 0) is 6.42 Å². The third-order valence-electron chi connectivity index (χ3n) is 3.34. The molecule has 0 amide bonds. The fourth-order valence-electron chi connectivity index (χ4n) is 2.42. The first kappa shape index (κ1) is 16.1. The summed E-state index contributed by atoms with van der Waals surface area (Å²) >= 11 is 3.57. The van der Waals surface area contributed by atoms with Crippen LogP contribution in [0.5, 0.6) is 0 Å². The molecular weight excluding hydrogens is 336 g/mol. The molecule has 21 heavy (non-hydrogen) atoms. The first-order valence-electron chi connectivity index (χ1n) is 6.94. The number of hydrogen-bond donors (Lipinski definition) is 1.